The number of hydrogen-bond donors (Lipinski definition) is 1. The van der Waals surface area contributed by atoms with Gasteiger partial charge in [-0.05, 0) is 26.0 Å². The van der Waals surface area contributed by atoms with Gasteiger partial charge in [0.05, 0.1) is 0 Å². The molecular formula is C9H10N2O2. The lowest BCUT2D eigenvalue weighted by molar-refractivity contribution is 0.388. The molecule has 0 amide bonds. The van der Waals surface area contributed by atoms with Crippen LogP contribution in [0, 0.1) is 11.3 Å². The van der Waals surface area contributed by atoms with Gasteiger partial charge in [-0.1, -0.05) is 0 Å². The Balaban J connectivity index is 3.51. The van der Waals surface area contributed by atoms with E-state index < -0.39 is 5.56 Å². The van der Waals surface area contributed by atoms with Crippen molar-refractivity contribution in [3.63, 3.8) is 0 Å². The maximum absolute atomic E-state index is 11.4. The summed E-state index contributed by atoms with van der Waals surface area (Å²) < 4.78 is 1.18. The summed E-state index contributed by atoms with van der Waals surface area (Å²) >= 11 is 0. The maximum Gasteiger partial charge on any atom is 0.271 e. The van der Waals surface area contributed by atoms with Crippen LogP contribution >= 0.6 is 0 Å². The van der Waals surface area contributed by atoms with Crippen molar-refractivity contribution in [3.05, 3.63) is 28.0 Å². The molecule has 4 nitrogen and oxygen atoms in total. The molecule has 68 valence electrons. The molecular weight excluding hydrogens is 168 g/mol. The van der Waals surface area contributed by atoms with Gasteiger partial charge in [-0.3, -0.25) is 9.36 Å². The summed E-state index contributed by atoms with van der Waals surface area (Å²) in [7, 11) is 0. The monoisotopic (exact) mass is 178 g/mol. The zero-order valence-corrected chi connectivity index (χ0v) is 7.48. The summed E-state index contributed by atoms with van der Waals surface area (Å²) in [5, 5.41) is 17.9. The number of rotatable bonds is 1. The maximum atomic E-state index is 11.4. The van der Waals surface area contributed by atoms with Gasteiger partial charge in [0.25, 0.3) is 5.56 Å². The average molecular weight is 178 g/mol. The Hall–Kier alpha value is -1.76. The van der Waals surface area contributed by atoms with Crippen molar-refractivity contribution in [1.82, 2.24) is 4.57 Å². The molecule has 1 aromatic heterocycles. The van der Waals surface area contributed by atoms with Crippen LogP contribution < -0.4 is 5.56 Å². The number of aromatic nitrogens is 1. The van der Waals surface area contributed by atoms with Gasteiger partial charge in [0.15, 0.2) is 5.88 Å². The van der Waals surface area contributed by atoms with Gasteiger partial charge in [-0.25, -0.2) is 0 Å². The first-order chi connectivity index (χ1) is 6.07. The Morgan fingerprint density at radius 1 is 1.54 bits per heavy atom. The number of nitrogens with zero attached hydrogens (tertiary/aromatic N) is 2. The Labute approximate surface area is 75.7 Å². The molecule has 0 aromatic carbocycles. The minimum atomic E-state index is -0.447. The van der Waals surface area contributed by atoms with Gasteiger partial charge in [-0.15, -0.1) is 0 Å². The van der Waals surface area contributed by atoms with Crippen LogP contribution in [0.2, 0.25) is 0 Å². The summed E-state index contributed by atoms with van der Waals surface area (Å²) in [6.45, 7) is 3.53. The van der Waals surface area contributed by atoms with Crippen molar-refractivity contribution in [2.45, 2.75) is 19.9 Å². The van der Waals surface area contributed by atoms with Crippen LogP contribution in [0.1, 0.15) is 25.5 Å². The summed E-state index contributed by atoms with van der Waals surface area (Å²) in [5.74, 6) is -0.112. The van der Waals surface area contributed by atoms with Gasteiger partial charge < -0.3 is 5.11 Å². The number of aromatic hydroxyl groups is 1. The second-order valence-electron chi connectivity index (χ2n) is 2.99. The number of pyridine rings is 1. The van der Waals surface area contributed by atoms with Crippen LogP contribution in [0.5, 0.6) is 5.88 Å². The third-order valence-electron chi connectivity index (χ3n) is 1.73. The largest absolute Gasteiger partial charge is 0.494 e. The Morgan fingerprint density at radius 3 is 2.62 bits per heavy atom. The standard InChI is InChI=1S/C9H10N2O2/c1-6(2)11-8(12)4-3-7(5-10)9(11)13/h3-4,6,12H,1-2H3. The first kappa shape index (κ1) is 9.33. The molecule has 0 fully saturated rings. The minimum Gasteiger partial charge on any atom is -0.494 e. The molecule has 0 aliphatic heterocycles. The molecule has 1 heterocycles. The summed E-state index contributed by atoms with van der Waals surface area (Å²) in [6.07, 6.45) is 0. The van der Waals surface area contributed by atoms with Gasteiger partial charge in [0.2, 0.25) is 0 Å². The highest BCUT2D eigenvalue weighted by Gasteiger charge is 2.09. The highest BCUT2D eigenvalue weighted by atomic mass is 16.3. The normalized spacial score (nSPS) is 10.0. The molecule has 4 heteroatoms. The molecule has 0 aliphatic rings. The molecule has 1 rings (SSSR count). The second-order valence-corrected chi connectivity index (χ2v) is 2.99. The van der Waals surface area contributed by atoms with Crippen molar-refractivity contribution in [1.29, 1.82) is 5.26 Å². The van der Waals surface area contributed by atoms with E-state index in [1.165, 1.54) is 16.7 Å². The fourth-order valence-corrected chi connectivity index (χ4v) is 1.13. The van der Waals surface area contributed by atoms with E-state index in [9.17, 15) is 9.90 Å². The van der Waals surface area contributed by atoms with Crippen molar-refractivity contribution < 1.29 is 5.11 Å². The first-order valence-corrected chi connectivity index (χ1v) is 3.92. The molecule has 0 radical (unpaired) electrons. The molecule has 0 unspecified atom stereocenters. The van der Waals surface area contributed by atoms with Gasteiger partial charge in [-0.2, -0.15) is 5.26 Å². The highest BCUT2D eigenvalue weighted by Crippen LogP contribution is 2.12. The Morgan fingerprint density at radius 2 is 2.15 bits per heavy atom. The van der Waals surface area contributed by atoms with Crippen LogP contribution in [0.25, 0.3) is 0 Å². The molecule has 1 N–H and O–H groups in total. The number of nitriles is 1. The molecule has 0 aliphatic carbocycles. The van der Waals surface area contributed by atoms with E-state index in [1.807, 2.05) is 0 Å². The SMILES string of the molecule is CC(C)n1c(O)ccc(C#N)c1=O. The van der Waals surface area contributed by atoms with Crippen LogP contribution in [-0.2, 0) is 0 Å². The molecule has 0 atom stereocenters. The molecule has 0 spiro atoms. The van der Waals surface area contributed by atoms with Crippen molar-refractivity contribution in [2.75, 3.05) is 0 Å². The minimum absolute atomic E-state index is 0.0477. The Kier molecular flexibility index (Phi) is 2.38. The van der Waals surface area contributed by atoms with Crippen LogP contribution in [-0.4, -0.2) is 9.67 Å². The zero-order chi connectivity index (χ0) is 10.0. The quantitative estimate of drug-likeness (QED) is 0.697. The first-order valence-electron chi connectivity index (χ1n) is 3.92. The van der Waals surface area contributed by atoms with E-state index in [2.05, 4.69) is 0 Å². The summed E-state index contributed by atoms with van der Waals surface area (Å²) in [6, 6.07) is 4.28. The van der Waals surface area contributed by atoms with E-state index >= 15 is 0 Å². The summed E-state index contributed by atoms with van der Waals surface area (Å²) in [4.78, 5) is 11.4. The zero-order valence-electron chi connectivity index (χ0n) is 7.48. The van der Waals surface area contributed by atoms with Crippen molar-refractivity contribution in [2.24, 2.45) is 0 Å². The predicted molar refractivity (Wildman–Crippen MR) is 47.5 cm³/mol. The van der Waals surface area contributed by atoms with Gasteiger partial charge in [0.1, 0.15) is 11.6 Å². The lowest BCUT2D eigenvalue weighted by Gasteiger charge is -2.11. The highest BCUT2D eigenvalue weighted by molar-refractivity contribution is 5.29. The van der Waals surface area contributed by atoms with Gasteiger partial charge >= 0.3 is 0 Å². The molecule has 0 bridgehead atoms. The molecule has 1 aromatic rings. The molecule has 0 saturated heterocycles. The predicted octanol–water partition coefficient (Wildman–Crippen LogP) is 1.01. The third-order valence-corrected chi connectivity index (χ3v) is 1.73. The summed E-state index contributed by atoms with van der Waals surface area (Å²) in [5.41, 5.74) is -0.399. The Bertz CT molecular complexity index is 413. The molecule has 0 saturated carbocycles. The van der Waals surface area contributed by atoms with E-state index in [4.69, 9.17) is 5.26 Å². The number of hydrogen-bond acceptors (Lipinski definition) is 3. The topological polar surface area (TPSA) is 66.0 Å². The van der Waals surface area contributed by atoms with Crippen LogP contribution in [0.15, 0.2) is 16.9 Å². The van der Waals surface area contributed by atoms with E-state index in [0.717, 1.165) is 0 Å². The fraction of sp³-hybridized carbons (Fsp3) is 0.333. The van der Waals surface area contributed by atoms with Crippen LogP contribution in [0.3, 0.4) is 0 Å². The van der Waals surface area contributed by atoms with E-state index in [0.29, 0.717) is 0 Å². The lowest BCUT2D eigenvalue weighted by atomic mass is 10.2. The third kappa shape index (κ3) is 1.54. The smallest absolute Gasteiger partial charge is 0.271 e. The van der Waals surface area contributed by atoms with Crippen LogP contribution in [0.4, 0.5) is 0 Å². The average Bonchev–Trinajstić information content (AvgIpc) is 2.04. The second kappa shape index (κ2) is 3.31. The van der Waals surface area contributed by atoms with Crippen molar-refractivity contribution >= 4 is 0 Å². The fourth-order valence-electron chi connectivity index (χ4n) is 1.13. The van der Waals surface area contributed by atoms with E-state index in [-0.39, 0.29) is 17.5 Å². The van der Waals surface area contributed by atoms with Gasteiger partial charge in [0, 0.05) is 6.04 Å². The van der Waals surface area contributed by atoms with E-state index in [1.54, 1.807) is 19.9 Å². The lowest BCUT2D eigenvalue weighted by Crippen LogP contribution is -2.23. The van der Waals surface area contributed by atoms with Crippen molar-refractivity contribution in [3.8, 4) is 11.9 Å². The molecule has 13 heavy (non-hydrogen) atoms.